The third-order valence-electron chi connectivity index (χ3n) is 4.39. The van der Waals surface area contributed by atoms with Crippen LogP contribution in [0.25, 0.3) is 16.9 Å². The lowest BCUT2D eigenvalue weighted by Crippen LogP contribution is -2.18. The lowest BCUT2D eigenvalue weighted by atomic mass is 10.1. The first-order valence-corrected chi connectivity index (χ1v) is 8.28. The monoisotopic (exact) mass is 353 g/mol. The van der Waals surface area contributed by atoms with E-state index in [1.165, 1.54) is 4.52 Å². The number of aromatic nitrogens is 5. The van der Waals surface area contributed by atoms with Crippen LogP contribution in [0.1, 0.15) is 24.2 Å². The Labute approximate surface area is 148 Å². The maximum atomic E-state index is 12.6. The van der Waals surface area contributed by atoms with Gasteiger partial charge in [-0.05, 0) is 26.0 Å². The van der Waals surface area contributed by atoms with Crippen LogP contribution in [0.5, 0.6) is 0 Å². The fourth-order valence-electron chi connectivity index (χ4n) is 2.96. The molecule has 25 heavy (non-hydrogen) atoms. The van der Waals surface area contributed by atoms with Crippen molar-refractivity contribution in [1.29, 1.82) is 0 Å². The average molecular weight is 354 g/mol. The molecule has 0 bridgehead atoms. The average Bonchev–Trinajstić information content (AvgIpc) is 3.23. The predicted molar refractivity (Wildman–Crippen MR) is 97.0 cm³/mol. The van der Waals surface area contributed by atoms with E-state index >= 15 is 0 Å². The molecule has 0 amide bonds. The number of hydrogen-bond donors (Lipinski definition) is 1. The molecule has 0 fully saturated rings. The van der Waals surface area contributed by atoms with Crippen LogP contribution in [0.3, 0.4) is 0 Å². The highest BCUT2D eigenvalue weighted by molar-refractivity contribution is 6.30. The molecule has 1 atom stereocenters. The molecule has 0 aliphatic rings. The van der Waals surface area contributed by atoms with Crippen LogP contribution in [0.4, 0.5) is 0 Å². The third-order valence-corrected chi connectivity index (χ3v) is 4.62. The summed E-state index contributed by atoms with van der Waals surface area (Å²) in [5.41, 5.74) is 3.81. The molecule has 0 saturated carbocycles. The zero-order chi connectivity index (χ0) is 17.6. The maximum absolute atomic E-state index is 12.6. The van der Waals surface area contributed by atoms with Crippen LogP contribution in [-0.4, -0.2) is 24.1 Å². The lowest BCUT2D eigenvalue weighted by Gasteiger charge is -2.12. The van der Waals surface area contributed by atoms with Gasteiger partial charge in [0.1, 0.15) is 0 Å². The number of imidazole rings is 1. The molecule has 6 nitrogen and oxygen atoms in total. The summed E-state index contributed by atoms with van der Waals surface area (Å²) in [5.74, 6) is 0. The summed E-state index contributed by atoms with van der Waals surface area (Å²) in [4.78, 5) is 21.3. The van der Waals surface area contributed by atoms with Crippen molar-refractivity contribution in [2.24, 2.45) is 0 Å². The Bertz CT molecular complexity index is 1110. The van der Waals surface area contributed by atoms with Crippen LogP contribution in [0.2, 0.25) is 5.02 Å². The van der Waals surface area contributed by atoms with Crippen LogP contribution in [-0.2, 0) is 0 Å². The quantitative estimate of drug-likeness (QED) is 0.613. The zero-order valence-electron chi connectivity index (χ0n) is 13.8. The Morgan fingerprint density at radius 1 is 1.28 bits per heavy atom. The van der Waals surface area contributed by atoms with E-state index in [-0.39, 0.29) is 11.6 Å². The Balaban J connectivity index is 1.89. The van der Waals surface area contributed by atoms with E-state index in [0.717, 1.165) is 16.8 Å². The maximum Gasteiger partial charge on any atom is 0.272 e. The first-order valence-electron chi connectivity index (χ1n) is 7.90. The molecule has 4 aromatic rings. The van der Waals surface area contributed by atoms with Crippen LogP contribution in [0, 0.1) is 6.92 Å². The van der Waals surface area contributed by atoms with Crippen molar-refractivity contribution in [2.45, 2.75) is 19.9 Å². The number of halogens is 1. The highest BCUT2D eigenvalue weighted by Crippen LogP contribution is 2.26. The molecule has 0 radical (unpaired) electrons. The number of aryl methyl sites for hydroxylation is 1. The van der Waals surface area contributed by atoms with Gasteiger partial charge in [-0.1, -0.05) is 23.7 Å². The van der Waals surface area contributed by atoms with Crippen molar-refractivity contribution < 1.29 is 0 Å². The van der Waals surface area contributed by atoms with E-state index in [0.29, 0.717) is 16.4 Å². The van der Waals surface area contributed by atoms with Gasteiger partial charge in [0.05, 0.1) is 23.8 Å². The van der Waals surface area contributed by atoms with Crippen molar-refractivity contribution in [3.8, 4) is 11.3 Å². The summed E-state index contributed by atoms with van der Waals surface area (Å²) in [6.07, 6.45) is 5.28. The van der Waals surface area contributed by atoms with Crippen molar-refractivity contribution in [1.82, 2.24) is 24.1 Å². The first-order chi connectivity index (χ1) is 12.0. The zero-order valence-corrected chi connectivity index (χ0v) is 14.5. The second kappa shape index (κ2) is 5.89. The summed E-state index contributed by atoms with van der Waals surface area (Å²) >= 11 is 6.09. The van der Waals surface area contributed by atoms with Crippen LogP contribution < -0.4 is 5.56 Å². The molecule has 0 aliphatic heterocycles. The Morgan fingerprint density at radius 2 is 2.12 bits per heavy atom. The fourth-order valence-corrected chi connectivity index (χ4v) is 3.15. The van der Waals surface area contributed by atoms with Crippen LogP contribution in [0.15, 0.2) is 53.8 Å². The molecule has 0 aliphatic carbocycles. The van der Waals surface area contributed by atoms with Crippen molar-refractivity contribution >= 4 is 17.2 Å². The molecule has 0 unspecified atom stereocenters. The Kier molecular flexibility index (Phi) is 3.69. The second-order valence-electron chi connectivity index (χ2n) is 5.99. The normalized spacial score (nSPS) is 12.6. The van der Waals surface area contributed by atoms with Gasteiger partial charge in [0.2, 0.25) is 0 Å². The SMILES string of the molecule is Cc1c(-c2cccc(Cl)c2)[nH]n2c(=O)cc([C@@H](C)n3ccnc3)nc12. The molecule has 1 N–H and O–H groups in total. The van der Waals surface area contributed by atoms with Gasteiger partial charge >= 0.3 is 0 Å². The molecule has 0 saturated heterocycles. The van der Waals surface area contributed by atoms with Gasteiger partial charge in [-0.15, -0.1) is 0 Å². The van der Waals surface area contributed by atoms with Gasteiger partial charge in [-0.25, -0.2) is 14.5 Å². The van der Waals surface area contributed by atoms with Crippen LogP contribution >= 0.6 is 11.6 Å². The largest absolute Gasteiger partial charge is 0.329 e. The highest BCUT2D eigenvalue weighted by atomic mass is 35.5. The predicted octanol–water partition coefficient (Wildman–Crippen LogP) is 3.46. The smallest absolute Gasteiger partial charge is 0.272 e. The molecule has 0 spiro atoms. The number of fused-ring (bicyclic) bond motifs is 1. The van der Waals surface area contributed by atoms with E-state index in [9.17, 15) is 4.79 Å². The molecule has 7 heteroatoms. The lowest BCUT2D eigenvalue weighted by molar-refractivity contribution is 0.617. The minimum Gasteiger partial charge on any atom is -0.329 e. The summed E-state index contributed by atoms with van der Waals surface area (Å²) in [6.45, 7) is 3.93. The Hall–Kier alpha value is -2.86. The number of nitrogens with zero attached hydrogens (tertiary/aromatic N) is 4. The van der Waals surface area contributed by atoms with E-state index < -0.39 is 0 Å². The number of nitrogens with one attached hydrogen (secondary N) is 1. The van der Waals surface area contributed by atoms with Gasteiger partial charge in [0.25, 0.3) is 5.56 Å². The minimum atomic E-state index is -0.150. The van der Waals surface area contributed by atoms with Gasteiger partial charge < -0.3 is 4.57 Å². The summed E-state index contributed by atoms with van der Waals surface area (Å²) in [7, 11) is 0. The summed E-state index contributed by atoms with van der Waals surface area (Å²) in [5, 5.41) is 3.78. The first kappa shape index (κ1) is 15.7. The number of hydrogen-bond acceptors (Lipinski definition) is 3. The van der Waals surface area contributed by atoms with Gasteiger partial charge in [-0.2, -0.15) is 0 Å². The topological polar surface area (TPSA) is 68.0 Å². The summed E-state index contributed by atoms with van der Waals surface area (Å²) in [6, 6.07) is 8.98. The molecular formula is C18H16ClN5O. The molecule has 3 heterocycles. The standard InChI is InChI=1S/C18H16ClN5O/c1-11-17(13-4-3-5-14(19)8-13)22-24-16(25)9-15(21-18(11)24)12(2)23-7-6-20-10-23/h3-10,12,22H,1-2H3/t12-/m1/s1. The second-order valence-corrected chi connectivity index (χ2v) is 6.42. The fraction of sp³-hybridized carbons (Fsp3) is 0.167. The number of aromatic amines is 1. The van der Waals surface area contributed by atoms with E-state index in [2.05, 4.69) is 10.1 Å². The minimum absolute atomic E-state index is 0.0795. The van der Waals surface area contributed by atoms with Gasteiger partial charge in [0, 0.05) is 34.6 Å². The van der Waals surface area contributed by atoms with E-state index in [1.807, 2.05) is 48.9 Å². The number of rotatable bonds is 3. The molecule has 3 aromatic heterocycles. The van der Waals surface area contributed by atoms with Crippen molar-refractivity contribution in [3.63, 3.8) is 0 Å². The van der Waals surface area contributed by atoms with E-state index in [1.54, 1.807) is 18.6 Å². The number of H-pyrrole nitrogens is 1. The van der Waals surface area contributed by atoms with Crippen molar-refractivity contribution in [3.05, 3.63) is 75.7 Å². The van der Waals surface area contributed by atoms with Crippen molar-refractivity contribution in [2.75, 3.05) is 0 Å². The van der Waals surface area contributed by atoms with Gasteiger partial charge in [-0.3, -0.25) is 9.89 Å². The molecule has 126 valence electrons. The summed E-state index contributed by atoms with van der Waals surface area (Å²) < 4.78 is 3.38. The molecule has 4 rings (SSSR count). The van der Waals surface area contributed by atoms with E-state index in [4.69, 9.17) is 16.6 Å². The van der Waals surface area contributed by atoms with Gasteiger partial charge in [0.15, 0.2) is 5.65 Å². The third kappa shape index (κ3) is 2.64. The highest BCUT2D eigenvalue weighted by Gasteiger charge is 2.16. The Morgan fingerprint density at radius 3 is 2.84 bits per heavy atom. The molecular weight excluding hydrogens is 338 g/mol. The number of benzene rings is 1. The molecule has 1 aromatic carbocycles.